The molecule has 2 heterocycles. The second-order valence-electron chi connectivity index (χ2n) is 13.6. The van der Waals surface area contributed by atoms with Crippen molar-refractivity contribution in [1.29, 1.82) is 0 Å². The summed E-state index contributed by atoms with van der Waals surface area (Å²) in [4.78, 5) is 21.7. The Morgan fingerprint density at radius 1 is 0.852 bits per heavy atom. The lowest BCUT2D eigenvalue weighted by molar-refractivity contribution is -0.127. The minimum absolute atomic E-state index is 0. The van der Waals surface area contributed by atoms with Gasteiger partial charge in [0, 0.05) is 51.3 Å². The van der Waals surface area contributed by atoms with Gasteiger partial charge in [0.1, 0.15) is 23.9 Å². The quantitative estimate of drug-likeness (QED) is 0.105. The van der Waals surface area contributed by atoms with Crippen LogP contribution in [-0.4, -0.2) is 53.5 Å². The first-order chi connectivity index (χ1) is 25.7. The molecule has 4 aromatic carbocycles. The number of ether oxygens (including phenoxy) is 3. The topological polar surface area (TPSA) is 64.1 Å². The van der Waals surface area contributed by atoms with Gasteiger partial charge in [0.2, 0.25) is 11.8 Å². The van der Waals surface area contributed by atoms with Crippen LogP contribution in [0.4, 0.5) is 4.39 Å². The smallest absolute Gasteiger partial charge is 0.246 e. The molecule has 1 fully saturated rings. The summed E-state index contributed by atoms with van der Waals surface area (Å²) in [6.07, 6.45) is 5.81. The fourth-order valence-electron chi connectivity index (χ4n) is 6.05. The zero-order valence-corrected chi connectivity index (χ0v) is 32.4. The maximum absolute atomic E-state index is 13.1. The van der Waals surface area contributed by atoms with Crippen LogP contribution in [0.2, 0.25) is 5.02 Å². The van der Waals surface area contributed by atoms with Crippen molar-refractivity contribution >= 4 is 36.0 Å². The van der Waals surface area contributed by atoms with Crippen LogP contribution in [0.3, 0.4) is 0 Å². The van der Waals surface area contributed by atoms with E-state index in [2.05, 4.69) is 72.3 Å². The molecule has 1 aliphatic heterocycles. The van der Waals surface area contributed by atoms with Crippen LogP contribution in [0.25, 0.3) is 6.08 Å². The number of aromatic nitrogens is 1. The van der Waals surface area contributed by atoms with E-state index < -0.39 is 0 Å². The second-order valence-corrected chi connectivity index (χ2v) is 14.0. The molecular weight excluding hydrogens is 724 g/mol. The fraction of sp³-hybridized carbons (Fsp3) is 0.273. The van der Waals surface area contributed by atoms with Gasteiger partial charge in [0.05, 0.1) is 17.8 Å². The lowest BCUT2D eigenvalue weighted by Gasteiger charge is -2.34. The number of nitrogens with zero attached hydrogens (tertiary/aromatic N) is 3. The van der Waals surface area contributed by atoms with Gasteiger partial charge in [0.25, 0.3) is 0 Å². The van der Waals surface area contributed by atoms with Gasteiger partial charge < -0.3 is 19.1 Å². The summed E-state index contributed by atoms with van der Waals surface area (Å²) >= 11 is 6.64. The number of amides is 1. The Kier molecular flexibility index (Phi) is 14.5. The Morgan fingerprint density at radius 3 is 2.17 bits per heavy atom. The van der Waals surface area contributed by atoms with Crippen molar-refractivity contribution in [3.8, 4) is 23.1 Å². The van der Waals surface area contributed by atoms with Crippen LogP contribution in [0.5, 0.6) is 23.1 Å². The summed E-state index contributed by atoms with van der Waals surface area (Å²) < 4.78 is 30.8. The van der Waals surface area contributed by atoms with Crippen LogP contribution in [0.1, 0.15) is 53.1 Å². The summed E-state index contributed by atoms with van der Waals surface area (Å²) in [6.45, 7) is 11.0. The molecule has 0 unspecified atom stereocenters. The number of aryl methyl sites for hydroxylation is 1. The third-order valence-electron chi connectivity index (χ3n) is 9.22. The molecule has 1 amide bonds. The van der Waals surface area contributed by atoms with Gasteiger partial charge in [-0.25, -0.2) is 9.37 Å². The average molecular weight is 771 g/mol. The molecule has 6 rings (SSSR count). The molecule has 282 valence electrons. The van der Waals surface area contributed by atoms with E-state index in [0.29, 0.717) is 60.4 Å². The molecule has 0 radical (unpaired) electrons. The van der Waals surface area contributed by atoms with Gasteiger partial charge in [-0.3, -0.25) is 9.69 Å². The van der Waals surface area contributed by atoms with Gasteiger partial charge in [-0.15, -0.1) is 12.4 Å². The first kappa shape index (κ1) is 40.3. The number of hydrogen-bond acceptors (Lipinski definition) is 6. The molecule has 1 aliphatic rings. The summed E-state index contributed by atoms with van der Waals surface area (Å²) in [5, 5.41) is 0.434. The van der Waals surface area contributed by atoms with E-state index >= 15 is 0 Å². The Hall–Kier alpha value is -4.89. The van der Waals surface area contributed by atoms with Crippen molar-refractivity contribution in [2.24, 2.45) is 0 Å². The number of hydrogen-bond donors (Lipinski definition) is 0. The molecule has 1 saturated heterocycles. The summed E-state index contributed by atoms with van der Waals surface area (Å²) in [7, 11) is 0. The molecule has 1 aromatic heterocycles. The molecule has 54 heavy (non-hydrogen) atoms. The zero-order valence-electron chi connectivity index (χ0n) is 30.8. The second kappa shape index (κ2) is 19.4. The number of benzene rings is 4. The first-order valence-corrected chi connectivity index (χ1v) is 18.4. The Balaban J connectivity index is 0.00000561. The van der Waals surface area contributed by atoms with Crippen LogP contribution in [-0.2, 0) is 24.4 Å². The largest absolute Gasteiger partial charge is 0.493 e. The highest BCUT2D eigenvalue weighted by Gasteiger charge is 2.20. The first-order valence-electron chi connectivity index (χ1n) is 18.0. The lowest BCUT2D eigenvalue weighted by Crippen LogP contribution is -2.47. The SMILES string of the molecule is Cc1cc(/C=C/C(=O)N2CCN(Cc3ccc(CCOc4ccc(F)cc4)cc3)CC2)cc(Cl)c1Oc1ccc(OCc2ccc(C(C)C)cc2)cn1.Cl. The minimum Gasteiger partial charge on any atom is -0.493 e. The lowest BCUT2D eigenvalue weighted by atomic mass is 10.0. The molecule has 0 aliphatic carbocycles. The fourth-order valence-corrected chi connectivity index (χ4v) is 6.37. The predicted octanol–water partition coefficient (Wildman–Crippen LogP) is 10.1. The van der Waals surface area contributed by atoms with Gasteiger partial charge in [0.15, 0.2) is 5.75 Å². The van der Waals surface area contributed by atoms with E-state index in [1.807, 2.05) is 24.0 Å². The Morgan fingerprint density at radius 2 is 1.52 bits per heavy atom. The van der Waals surface area contributed by atoms with E-state index in [0.717, 1.165) is 42.7 Å². The van der Waals surface area contributed by atoms with Crippen LogP contribution in [0, 0.1) is 12.7 Å². The number of carbonyl (C=O) groups is 1. The zero-order chi connectivity index (χ0) is 37.2. The van der Waals surface area contributed by atoms with Crippen LogP contribution < -0.4 is 14.2 Å². The average Bonchev–Trinajstić information content (AvgIpc) is 3.17. The van der Waals surface area contributed by atoms with Crippen LogP contribution >= 0.6 is 24.0 Å². The van der Waals surface area contributed by atoms with Crippen molar-refractivity contribution < 1.29 is 23.4 Å². The summed E-state index contributed by atoms with van der Waals surface area (Å²) in [5.41, 5.74) is 6.45. The highest BCUT2D eigenvalue weighted by atomic mass is 35.5. The number of rotatable bonds is 14. The standard InChI is InChI=1S/C44H45ClFN3O4.ClH/c1-31(2)37-11-8-35(9-12-37)30-52-40-17-18-42(47-28-40)53-44-32(3)26-36(27-41(44)45)10-19-43(50)49-23-21-48(22-24-49)29-34-6-4-33(5-7-34)20-25-51-39-15-13-38(46)14-16-39;/h4-19,26-28,31H,20-25,29-30H2,1-3H3;1H/b19-10+;. The van der Waals surface area contributed by atoms with Crippen molar-refractivity contribution in [3.05, 3.63) is 154 Å². The van der Waals surface area contributed by atoms with Crippen molar-refractivity contribution in [3.63, 3.8) is 0 Å². The Bertz CT molecular complexity index is 1960. The van der Waals surface area contributed by atoms with Crippen molar-refractivity contribution in [1.82, 2.24) is 14.8 Å². The number of carbonyl (C=O) groups excluding carboxylic acids is 1. The minimum atomic E-state index is -0.272. The number of pyridine rings is 1. The van der Waals surface area contributed by atoms with Gasteiger partial charge >= 0.3 is 0 Å². The van der Waals surface area contributed by atoms with Crippen molar-refractivity contribution in [2.45, 2.75) is 46.3 Å². The maximum Gasteiger partial charge on any atom is 0.246 e. The van der Waals surface area contributed by atoms with Crippen molar-refractivity contribution in [2.75, 3.05) is 32.8 Å². The number of halogens is 3. The van der Waals surface area contributed by atoms with E-state index in [9.17, 15) is 9.18 Å². The molecule has 10 heteroatoms. The van der Waals surface area contributed by atoms with E-state index in [1.165, 1.54) is 28.8 Å². The molecule has 0 spiro atoms. The summed E-state index contributed by atoms with van der Waals surface area (Å²) in [5.74, 6) is 2.43. The van der Waals surface area contributed by atoms with Crippen LogP contribution in [0.15, 0.2) is 109 Å². The maximum atomic E-state index is 13.1. The third-order valence-corrected chi connectivity index (χ3v) is 9.50. The highest BCUT2D eigenvalue weighted by Crippen LogP contribution is 2.34. The molecule has 0 bridgehead atoms. The van der Waals surface area contributed by atoms with E-state index in [1.54, 1.807) is 42.6 Å². The predicted molar refractivity (Wildman–Crippen MR) is 216 cm³/mol. The molecule has 0 atom stereocenters. The molecule has 7 nitrogen and oxygen atoms in total. The number of piperazine rings is 1. The normalized spacial score (nSPS) is 13.2. The van der Waals surface area contributed by atoms with Gasteiger partial charge in [-0.2, -0.15) is 0 Å². The summed E-state index contributed by atoms with van der Waals surface area (Å²) in [6, 6.07) is 30.4. The van der Waals surface area contributed by atoms with E-state index in [-0.39, 0.29) is 24.1 Å². The highest BCUT2D eigenvalue weighted by molar-refractivity contribution is 6.32. The molecule has 0 N–H and O–H groups in total. The monoisotopic (exact) mass is 769 g/mol. The van der Waals surface area contributed by atoms with Gasteiger partial charge in [-0.1, -0.05) is 74.0 Å². The molecular formula is C44H46Cl2FN3O4. The van der Waals surface area contributed by atoms with E-state index in [4.69, 9.17) is 25.8 Å². The van der Waals surface area contributed by atoms with Gasteiger partial charge in [-0.05, 0) is 94.8 Å². The molecule has 0 saturated carbocycles. The third kappa shape index (κ3) is 11.6. The molecule has 5 aromatic rings. The Labute approximate surface area is 328 Å².